The van der Waals surface area contributed by atoms with Gasteiger partial charge in [0.05, 0.1) is 21.7 Å². The Hall–Kier alpha value is -1.51. The van der Waals surface area contributed by atoms with Crippen LogP contribution < -0.4 is 5.73 Å². The summed E-state index contributed by atoms with van der Waals surface area (Å²) in [5, 5.41) is 9.44. The Morgan fingerprint density at radius 2 is 2.17 bits per heavy atom. The van der Waals surface area contributed by atoms with Crippen LogP contribution in [0.25, 0.3) is 5.65 Å². The Bertz CT molecular complexity index is 797. The molecule has 24 heavy (non-hydrogen) atoms. The summed E-state index contributed by atoms with van der Waals surface area (Å²) >= 11 is 13.3. The second-order valence-corrected chi connectivity index (χ2v) is 7.34. The molecule has 0 spiro atoms. The summed E-state index contributed by atoms with van der Waals surface area (Å²) in [6.07, 6.45) is 3.17. The van der Waals surface area contributed by atoms with Gasteiger partial charge in [0.15, 0.2) is 10.8 Å². The van der Waals surface area contributed by atoms with Crippen LogP contribution in [0.4, 0.5) is 0 Å². The Balaban J connectivity index is 1.67. The van der Waals surface area contributed by atoms with E-state index in [0.717, 1.165) is 12.8 Å². The summed E-state index contributed by atoms with van der Waals surface area (Å²) in [6.45, 7) is 1.02. The molecule has 1 aliphatic heterocycles. The van der Waals surface area contributed by atoms with E-state index in [-0.39, 0.29) is 23.5 Å². The van der Waals surface area contributed by atoms with Gasteiger partial charge in [0.2, 0.25) is 11.8 Å². The minimum Gasteiger partial charge on any atom is -0.369 e. The number of pyridine rings is 1. The van der Waals surface area contributed by atoms with E-state index in [1.165, 1.54) is 11.8 Å². The largest absolute Gasteiger partial charge is 0.369 e. The summed E-state index contributed by atoms with van der Waals surface area (Å²) in [7, 11) is 0. The van der Waals surface area contributed by atoms with Gasteiger partial charge in [-0.05, 0) is 18.9 Å². The highest BCUT2D eigenvalue weighted by atomic mass is 35.5. The predicted molar refractivity (Wildman–Crippen MR) is 92.2 cm³/mol. The molecule has 2 aromatic rings. The lowest BCUT2D eigenvalue weighted by Gasteiger charge is -2.31. The van der Waals surface area contributed by atoms with E-state index in [1.807, 2.05) is 0 Å². The molecule has 3 rings (SSSR count). The Labute approximate surface area is 152 Å². The highest BCUT2D eigenvalue weighted by Crippen LogP contribution is 2.26. The van der Waals surface area contributed by atoms with Crippen LogP contribution in [0.3, 0.4) is 0 Å². The second-order valence-electron chi connectivity index (χ2n) is 5.55. The zero-order valence-electron chi connectivity index (χ0n) is 12.6. The number of likely N-dealkylation sites (tertiary alicyclic amines) is 1. The Morgan fingerprint density at radius 3 is 2.92 bits per heavy atom. The zero-order chi connectivity index (χ0) is 17.3. The van der Waals surface area contributed by atoms with Gasteiger partial charge in [-0.3, -0.25) is 14.0 Å². The minimum absolute atomic E-state index is 0.0594. The average Bonchev–Trinajstić information content (AvgIpc) is 2.96. The van der Waals surface area contributed by atoms with Gasteiger partial charge >= 0.3 is 0 Å². The number of hydrogen-bond acceptors (Lipinski definition) is 5. The molecular formula is C14H15Cl2N5O2S. The van der Waals surface area contributed by atoms with Gasteiger partial charge in [-0.2, -0.15) is 0 Å². The lowest BCUT2D eigenvalue weighted by Crippen LogP contribution is -2.44. The van der Waals surface area contributed by atoms with Crippen LogP contribution in [0.5, 0.6) is 0 Å². The maximum absolute atomic E-state index is 12.4. The van der Waals surface area contributed by atoms with Gasteiger partial charge in [0.1, 0.15) is 0 Å². The van der Waals surface area contributed by atoms with E-state index in [9.17, 15) is 9.59 Å². The van der Waals surface area contributed by atoms with Crippen LogP contribution in [0.1, 0.15) is 12.8 Å². The molecule has 0 radical (unpaired) electrons. The average molecular weight is 388 g/mol. The summed E-state index contributed by atoms with van der Waals surface area (Å²) in [4.78, 5) is 25.4. The number of aromatic nitrogens is 3. The number of nitrogens with zero attached hydrogens (tertiary/aromatic N) is 4. The van der Waals surface area contributed by atoms with Crippen molar-refractivity contribution in [2.24, 2.45) is 11.7 Å². The van der Waals surface area contributed by atoms with Gasteiger partial charge in [0, 0.05) is 19.3 Å². The molecule has 128 valence electrons. The number of hydrogen-bond donors (Lipinski definition) is 1. The van der Waals surface area contributed by atoms with Crippen LogP contribution in [0, 0.1) is 5.92 Å². The van der Waals surface area contributed by atoms with Crippen LogP contribution in [-0.4, -0.2) is 50.2 Å². The molecule has 2 aromatic heterocycles. The van der Waals surface area contributed by atoms with Crippen molar-refractivity contribution in [2.45, 2.75) is 18.0 Å². The molecular weight excluding hydrogens is 373 g/mol. The first-order valence-electron chi connectivity index (χ1n) is 7.35. The van der Waals surface area contributed by atoms with Crippen molar-refractivity contribution in [3.05, 3.63) is 22.3 Å². The smallest absolute Gasteiger partial charge is 0.233 e. The van der Waals surface area contributed by atoms with Gasteiger partial charge in [-0.25, -0.2) is 0 Å². The highest BCUT2D eigenvalue weighted by Gasteiger charge is 2.27. The number of carbonyl (C=O) groups is 2. The first-order valence-corrected chi connectivity index (χ1v) is 9.09. The molecule has 1 fully saturated rings. The maximum atomic E-state index is 12.4. The third-order valence-electron chi connectivity index (χ3n) is 3.90. The predicted octanol–water partition coefficient (Wildman–Crippen LogP) is 1.85. The fourth-order valence-electron chi connectivity index (χ4n) is 2.65. The van der Waals surface area contributed by atoms with E-state index in [0.29, 0.717) is 33.9 Å². The van der Waals surface area contributed by atoms with Gasteiger partial charge in [0.25, 0.3) is 0 Å². The first kappa shape index (κ1) is 17.3. The van der Waals surface area contributed by atoms with E-state index in [1.54, 1.807) is 21.6 Å². The van der Waals surface area contributed by atoms with Crippen molar-refractivity contribution in [3.8, 4) is 0 Å². The summed E-state index contributed by atoms with van der Waals surface area (Å²) < 4.78 is 1.66. The molecule has 3 heterocycles. The van der Waals surface area contributed by atoms with Crippen LogP contribution >= 0.6 is 35.0 Å². The number of amides is 2. The molecule has 10 heteroatoms. The summed E-state index contributed by atoms with van der Waals surface area (Å²) in [5.41, 5.74) is 5.83. The first-order chi connectivity index (χ1) is 11.5. The number of thioether (sulfide) groups is 1. The number of primary amides is 1. The van der Waals surface area contributed by atoms with E-state index < -0.39 is 0 Å². The normalized spacial score (nSPS) is 18.1. The summed E-state index contributed by atoms with van der Waals surface area (Å²) in [6, 6.07) is 1.59. The van der Waals surface area contributed by atoms with E-state index in [4.69, 9.17) is 28.9 Å². The van der Waals surface area contributed by atoms with Crippen molar-refractivity contribution in [1.82, 2.24) is 19.5 Å². The molecule has 1 saturated heterocycles. The quantitative estimate of drug-likeness (QED) is 0.807. The lowest BCUT2D eigenvalue weighted by atomic mass is 9.97. The van der Waals surface area contributed by atoms with Gasteiger partial charge in [-0.15, -0.1) is 10.2 Å². The molecule has 2 amide bonds. The number of carbonyl (C=O) groups excluding carboxylic acids is 2. The van der Waals surface area contributed by atoms with Crippen LogP contribution in [0.15, 0.2) is 17.4 Å². The third kappa shape index (κ3) is 3.60. The van der Waals surface area contributed by atoms with E-state index >= 15 is 0 Å². The molecule has 0 unspecified atom stereocenters. The Morgan fingerprint density at radius 1 is 1.38 bits per heavy atom. The second kappa shape index (κ2) is 7.16. The van der Waals surface area contributed by atoms with Crippen molar-refractivity contribution < 1.29 is 9.59 Å². The maximum Gasteiger partial charge on any atom is 0.233 e. The monoisotopic (exact) mass is 387 g/mol. The molecule has 0 bridgehead atoms. The fourth-order valence-corrected chi connectivity index (χ4v) is 3.98. The number of fused-ring (bicyclic) bond motifs is 1. The molecule has 0 aromatic carbocycles. The molecule has 1 aliphatic rings. The number of rotatable bonds is 4. The van der Waals surface area contributed by atoms with Gasteiger partial charge in [-0.1, -0.05) is 35.0 Å². The SMILES string of the molecule is NC(=O)[C@@H]1CCCN(C(=O)CSc2nnc3c(Cl)cc(Cl)cn23)C1. The van der Waals surface area contributed by atoms with Crippen molar-refractivity contribution in [1.29, 1.82) is 0 Å². The molecule has 7 nitrogen and oxygen atoms in total. The standard InChI is InChI=1S/C14H15Cl2N5O2S/c15-9-4-10(16)13-18-19-14(21(13)6-9)24-7-11(22)20-3-1-2-8(5-20)12(17)23/h4,6,8H,1-3,5,7H2,(H2,17,23)/t8-/m1/s1. The molecule has 2 N–H and O–H groups in total. The highest BCUT2D eigenvalue weighted by molar-refractivity contribution is 7.99. The molecule has 0 aliphatic carbocycles. The Kier molecular flexibility index (Phi) is 5.17. The van der Waals surface area contributed by atoms with Crippen molar-refractivity contribution >= 4 is 52.4 Å². The topological polar surface area (TPSA) is 93.6 Å². The molecule has 1 atom stereocenters. The van der Waals surface area contributed by atoms with Crippen LogP contribution in [0.2, 0.25) is 10.0 Å². The number of piperidine rings is 1. The van der Waals surface area contributed by atoms with E-state index in [2.05, 4.69) is 10.2 Å². The van der Waals surface area contributed by atoms with Gasteiger partial charge < -0.3 is 10.6 Å². The summed E-state index contributed by atoms with van der Waals surface area (Å²) in [5.74, 6) is -0.487. The molecule has 0 saturated carbocycles. The van der Waals surface area contributed by atoms with Crippen molar-refractivity contribution in [3.63, 3.8) is 0 Å². The number of nitrogens with two attached hydrogens (primary N) is 1. The third-order valence-corrected chi connectivity index (χ3v) is 5.31. The minimum atomic E-state index is -0.354. The van der Waals surface area contributed by atoms with Crippen molar-refractivity contribution in [2.75, 3.05) is 18.8 Å². The van der Waals surface area contributed by atoms with Crippen LogP contribution in [-0.2, 0) is 9.59 Å². The fraction of sp³-hybridized carbons (Fsp3) is 0.429. The number of halogens is 2. The zero-order valence-corrected chi connectivity index (χ0v) is 14.9. The lowest BCUT2D eigenvalue weighted by molar-refractivity contribution is -0.132.